The van der Waals surface area contributed by atoms with Gasteiger partial charge in [-0.1, -0.05) is 0 Å². The number of thiophene rings is 1. The molecule has 0 amide bonds. The van der Waals surface area contributed by atoms with Gasteiger partial charge in [-0.25, -0.2) is 4.79 Å². The Hall–Kier alpha value is -1.40. The highest BCUT2D eigenvalue weighted by Gasteiger charge is 2.18. The highest BCUT2D eigenvalue weighted by molar-refractivity contribution is 9.10. The molecule has 0 spiro atoms. The predicted octanol–water partition coefficient (Wildman–Crippen LogP) is 3.27. The topological polar surface area (TPSA) is 48.4 Å². The molecule has 0 atom stereocenters. The maximum Gasteiger partial charge on any atom is 0.351 e. The number of rotatable bonds is 4. The minimum Gasteiger partial charge on any atom is -0.486 e. The quantitative estimate of drug-likeness (QED) is 0.808. The molecule has 18 heavy (non-hydrogen) atoms. The lowest BCUT2D eigenvalue weighted by Crippen LogP contribution is -2.03. The van der Waals surface area contributed by atoms with Crippen LogP contribution >= 0.6 is 27.3 Å². The molecule has 0 N–H and O–H groups in total. The van der Waals surface area contributed by atoms with Gasteiger partial charge in [-0.05, 0) is 33.6 Å². The number of esters is 1. The van der Waals surface area contributed by atoms with Crippen LogP contribution in [0.3, 0.4) is 0 Å². The third kappa shape index (κ3) is 2.88. The van der Waals surface area contributed by atoms with Crippen LogP contribution in [0.5, 0.6) is 5.75 Å². The average molecular weight is 328 g/mol. The second-order valence-electron chi connectivity index (χ2n) is 3.38. The zero-order valence-electron chi connectivity index (χ0n) is 9.55. The zero-order chi connectivity index (χ0) is 13.0. The molecule has 0 fully saturated rings. The summed E-state index contributed by atoms with van der Waals surface area (Å²) in [5.74, 6) is 0.124. The van der Waals surface area contributed by atoms with Crippen molar-refractivity contribution in [2.75, 3.05) is 7.11 Å². The van der Waals surface area contributed by atoms with E-state index in [1.54, 1.807) is 17.8 Å². The molecule has 0 radical (unpaired) electrons. The molecule has 2 rings (SSSR count). The summed E-state index contributed by atoms with van der Waals surface area (Å²) < 4.78 is 11.1. The fourth-order valence-corrected chi connectivity index (χ4v) is 2.84. The molecule has 0 bridgehead atoms. The van der Waals surface area contributed by atoms with Crippen LogP contribution in [0.2, 0.25) is 0 Å². The molecule has 94 valence electrons. The molecule has 4 nitrogen and oxygen atoms in total. The van der Waals surface area contributed by atoms with Crippen molar-refractivity contribution in [1.82, 2.24) is 4.98 Å². The van der Waals surface area contributed by atoms with Crippen molar-refractivity contribution in [3.63, 3.8) is 0 Å². The van der Waals surface area contributed by atoms with Gasteiger partial charge in [-0.2, -0.15) is 0 Å². The fourth-order valence-electron chi connectivity index (χ4n) is 1.33. The van der Waals surface area contributed by atoms with Gasteiger partial charge in [-0.15, -0.1) is 11.3 Å². The molecule has 0 saturated heterocycles. The number of hydrogen-bond donors (Lipinski definition) is 0. The summed E-state index contributed by atoms with van der Waals surface area (Å²) in [6.45, 7) is 0.377. The van der Waals surface area contributed by atoms with E-state index >= 15 is 0 Å². The van der Waals surface area contributed by atoms with Crippen molar-refractivity contribution in [3.8, 4) is 5.75 Å². The van der Waals surface area contributed by atoms with Crippen molar-refractivity contribution in [1.29, 1.82) is 0 Å². The lowest BCUT2D eigenvalue weighted by atomic mass is 10.3. The Balaban J connectivity index is 2.14. The number of pyridine rings is 1. The number of carbonyl (C=O) groups is 1. The van der Waals surface area contributed by atoms with E-state index in [-0.39, 0.29) is 0 Å². The first-order valence-corrected chi connectivity index (χ1v) is 6.76. The molecule has 2 heterocycles. The van der Waals surface area contributed by atoms with E-state index in [1.807, 2.05) is 12.1 Å². The van der Waals surface area contributed by atoms with Crippen molar-refractivity contribution >= 4 is 33.2 Å². The molecule has 2 aromatic rings. The van der Waals surface area contributed by atoms with Gasteiger partial charge in [0.05, 0.1) is 11.6 Å². The summed E-state index contributed by atoms with van der Waals surface area (Å²) in [5, 5.41) is 1.80. The van der Waals surface area contributed by atoms with E-state index in [4.69, 9.17) is 9.47 Å². The Bertz CT molecular complexity index is 542. The lowest BCUT2D eigenvalue weighted by Gasteiger charge is -2.07. The Kier molecular flexibility index (Phi) is 4.33. The van der Waals surface area contributed by atoms with Crippen LogP contribution in [0.25, 0.3) is 0 Å². The Morgan fingerprint density at radius 2 is 2.17 bits per heavy atom. The predicted molar refractivity (Wildman–Crippen MR) is 71.9 cm³/mol. The first-order chi connectivity index (χ1) is 8.72. The number of carbonyl (C=O) groups excluding carboxylic acids is 1. The maximum absolute atomic E-state index is 11.5. The van der Waals surface area contributed by atoms with Crippen LogP contribution in [0, 0.1) is 0 Å². The first-order valence-electron chi connectivity index (χ1n) is 5.09. The van der Waals surface area contributed by atoms with Gasteiger partial charge < -0.3 is 9.47 Å². The summed E-state index contributed by atoms with van der Waals surface area (Å²) in [6, 6.07) is 3.72. The van der Waals surface area contributed by atoms with Crippen LogP contribution in [-0.2, 0) is 11.3 Å². The van der Waals surface area contributed by atoms with Crippen LogP contribution in [0.1, 0.15) is 15.2 Å². The second kappa shape index (κ2) is 5.97. The van der Waals surface area contributed by atoms with E-state index in [2.05, 4.69) is 20.9 Å². The van der Waals surface area contributed by atoms with Gasteiger partial charge >= 0.3 is 5.97 Å². The molecular formula is C12H10BrNO3S. The van der Waals surface area contributed by atoms with Gasteiger partial charge in [0.15, 0.2) is 10.6 Å². The molecule has 0 aliphatic heterocycles. The smallest absolute Gasteiger partial charge is 0.351 e. The molecule has 0 unspecified atom stereocenters. The number of aromatic nitrogens is 1. The minimum atomic E-state index is -0.393. The Morgan fingerprint density at radius 1 is 1.44 bits per heavy atom. The molecule has 0 saturated carbocycles. The molecule has 0 aromatic carbocycles. The largest absolute Gasteiger partial charge is 0.486 e. The SMILES string of the molecule is COC(=O)c1scc(Br)c1OCc1ccncc1. The van der Waals surface area contributed by atoms with Crippen molar-refractivity contribution < 1.29 is 14.3 Å². The Morgan fingerprint density at radius 3 is 2.83 bits per heavy atom. The third-order valence-corrected chi connectivity index (χ3v) is 4.04. The van der Waals surface area contributed by atoms with Crippen LogP contribution in [0.15, 0.2) is 34.4 Å². The second-order valence-corrected chi connectivity index (χ2v) is 5.11. The Labute approximate surface area is 117 Å². The van der Waals surface area contributed by atoms with Crippen molar-refractivity contribution in [2.45, 2.75) is 6.61 Å². The number of nitrogens with zero attached hydrogens (tertiary/aromatic N) is 1. The number of methoxy groups -OCH3 is 1. The molecular weight excluding hydrogens is 318 g/mol. The monoisotopic (exact) mass is 327 g/mol. The van der Waals surface area contributed by atoms with Gasteiger partial charge in [0.25, 0.3) is 0 Å². The number of hydrogen-bond acceptors (Lipinski definition) is 5. The van der Waals surface area contributed by atoms with E-state index in [0.717, 1.165) is 10.0 Å². The standard InChI is InChI=1S/C12H10BrNO3S/c1-16-12(15)11-10(9(13)7-18-11)17-6-8-2-4-14-5-3-8/h2-5,7H,6H2,1H3. The first kappa shape index (κ1) is 13.0. The van der Waals surface area contributed by atoms with Crippen LogP contribution < -0.4 is 4.74 Å². The molecule has 0 aliphatic rings. The van der Waals surface area contributed by atoms with Crippen molar-refractivity contribution in [3.05, 3.63) is 44.8 Å². The van der Waals surface area contributed by atoms with Crippen LogP contribution in [-0.4, -0.2) is 18.1 Å². The normalized spacial score (nSPS) is 10.1. The van der Waals surface area contributed by atoms with Gasteiger partial charge in [-0.3, -0.25) is 4.98 Å². The summed E-state index contributed by atoms with van der Waals surface area (Å²) in [7, 11) is 1.35. The number of ether oxygens (including phenoxy) is 2. The van der Waals surface area contributed by atoms with E-state index < -0.39 is 5.97 Å². The fraction of sp³-hybridized carbons (Fsp3) is 0.167. The maximum atomic E-state index is 11.5. The summed E-state index contributed by atoms with van der Waals surface area (Å²) in [4.78, 5) is 15.9. The van der Waals surface area contributed by atoms with E-state index in [9.17, 15) is 4.79 Å². The highest BCUT2D eigenvalue weighted by Crippen LogP contribution is 2.36. The van der Waals surface area contributed by atoms with Gasteiger partial charge in [0.2, 0.25) is 0 Å². The molecule has 0 aliphatic carbocycles. The van der Waals surface area contributed by atoms with Gasteiger partial charge in [0, 0.05) is 17.8 Å². The van der Waals surface area contributed by atoms with Crippen LogP contribution in [0.4, 0.5) is 0 Å². The zero-order valence-corrected chi connectivity index (χ0v) is 12.0. The summed E-state index contributed by atoms with van der Waals surface area (Å²) in [5.41, 5.74) is 0.985. The summed E-state index contributed by atoms with van der Waals surface area (Å²) in [6.07, 6.45) is 3.39. The van der Waals surface area contributed by atoms with Gasteiger partial charge in [0.1, 0.15) is 6.61 Å². The third-order valence-electron chi connectivity index (χ3n) is 2.21. The summed E-state index contributed by atoms with van der Waals surface area (Å²) >= 11 is 4.64. The molecule has 2 aromatic heterocycles. The average Bonchev–Trinajstić information content (AvgIpc) is 2.78. The molecule has 6 heteroatoms. The van der Waals surface area contributed by atoms with Crippen molar-refractivity contribution in [2.24, 2.45) is 0 Å². The van der Waals surface area contributed by atoms with E-state index in [0.29, 0.717) is 17.2 Å². The highest BCUT2D eigenvalue weighted by atomic mass is 79.9. The minimum absolute atomic E-state index is 0.377. The lowest BCUT2D eigenvalue weighted by molar-refractivity contribution is 0.0601. The van der Waals surface area contributed by atoms with E-state index in [1.165, 1.54) is 18.4 Å². The number of halogens is 1.